The minimum atomic E-state index is -4.78. The van der Waals surface area contributed by atoms with Crippen LogP contribution in [0.3, 0.4) is 0 Å². The van der Waals surface area contributed by atoms with Crippen molar-refractivity contribution in [2.24, 2.45) is 5.10 Å². The van der Waals surface area contributed by atoms with Gasteiger partial charge in [0.05, 0.1) is 23.7 Å². The van der Waals surface area contributed by atoms with Crippen LogP contribution < -0.4 is 15.5 Å². The molecule has 2 N–H and O–H groups in total. The van der Waals surface area contributed by atoms with Crippen LogP contribution in [0, 0.1) is 5.82 Å². The van der Waals surface area contributed by atoms with Crippen molar-refractivity contribution in [3.63, 3.8) is 0 Å². The van der Waals surface area contributed by atoms with Crippen LogP contribution in [-0.2, 0) is 0 Å². The van der Waals surface area contributed by atoms with Crippen LogP contribution in [0.15, 0.2) is 72.0 Å². The van der Waals surface area contributed by atoms with E-state index >= 15 is 0 Å². The van der Waals surface area contributed by atoms with Crippen LogP contribution in [-0.4, -0.2) is 32.5 Å². The van der Waals surface area contributed by atoms with Gasteiger partial charge in [-0.1, -0.05) is 23.7 Å². The summed E-state index contributed by atoms with van der Waals surface area (Å²) in [6.45, 7) is 0. The summed E-state index contributed by atoms with van der Waals surface area (Å²) in [5.41, 5.74) is 3.74. The molecule has 8 nitrogen and oxygen atoms in total. The second-order valence-electron chi connectivity index (χ2n) is 6.77. The Kier molecular flexibility index (Phi) is 7.01. The van der Waals surface area contributed by atoms with Crippen LogP contribution in [0.4, 0.5) is 35.1 Å². The largest absolute Gasteiger partial charge is 0.573 e. The molecule has 0 bridgehead atoms. The molecule has 2 heterocycles. The van der Waals surface area contributed by atoms with Crippen molar-refractivity contribution >= 4 is 35.4 Å². The van der Waals surface area contributed by atoms with E-state index in [0.717, 1.165) is 12.1 Å². The predicted octanol–water partition coefficient (Wildman–Crippen LogP) is 5.81. The van der Waals surface area contributed by atoms with Crippen molar-refractivity contribution in [3.8, 4) is 17.1 Å². The Morgan fingerprint density at radius 3 is 2.34 bits per heavy atom. The molecule has 35 heavy (non-hydrogen) atoms. The minimum absolute atomic E-state index is 0.0176. The second-order valence-corrected chi connectivity index (χ2v) is 7.15. The maximum atomic E-state index is 14.3. The first kappa shape index (κ1) is 23.8. The van der Waals surface area contributed by atoms with Gasteiger partial charge in [0.1, 0.15) is 16.7 Å². The zero-order valence-corrected chi connectivity index (χ0v) is 18.2. The Morgan fingerprint density at radius 1 is 0.914 bits per heavy atom. The molecule has 0 saturated heterocycles. The molecule has 0 atom stereocenters. The Hall–Kier alpha value is -4.32. The second kappa shape index (κ2) is 10.3. The number of hydrogen-bond acceptors (Lipinski definition) is 8. The monoisotopic (exact) mass is 503 g/mol. The smallest absolute Gasteiger partial charge is 0.406 e. The average molecular weight is 504 g/mol. The predicted molar refractivity (Wildman–Crippen MR) is 122 cm³/mol. The number of alkyl halides is 3. The first-order chi connectivity index (χ1) is 16.7. The van der Waals surface area contributed by atoms with Crippen LogP contribution in [0.25, 0.3) is 11.4 Å². The summed E-state index contributed by atoms with van der Waals surface area (Å²) in [5.74, 6) is -0.797. The van der Waals surface area contributed by atoms with Crippen molar-refractivity contribution in [1.29, 1.82) is 0 Å². The SMILES string of the molecule is Fc1ccccc1-c1nc(N/N=C/c2ccc(OC(F)(F)F)cc2)nc(Nc2ccc(Cl)nc2)n1. The quantitative estimate of drug-likeness (QED) is 0.142. The number of ether oxygens (including phenoxy) is 1. The Labute approximate surface area is 200 Å². The van der Waals surface area contributed by atoms with Crippen molar-refractivity contribution in [2.75, 3.05) is 10.7 Å². The van der Waals surface area contributed by atoms with Gasteiger partial charge in [-0.05, 0) is 54.1 Å². The average Bonchev–Trinajstić information content (AvgIpc) is 2.81. The fourth-order valence-corrected chi connectivity index (χ4v) is 2.86. The van der Waals surface area contributed by atoms with Gasteiger partial charge in [0, 0.05) is 0 Å². The number of nitrogens with one attached hydrogen (secondary N) is 2. The van der Waals surface area contributed by atoms with E-state index in [1.54, 1.807) is 18.2 Å². The molecule has 0 saturated carbocycles. The number of nitrogens with zero attached hydrogens (tertiary/aromatic N) is 5. The number of aromatic nitrogens is 4. The van der Waals surface area contributed by atoms with Crippen molar-refractivity contribution in [1.82, 2.24) is 19.9 Å². The highest BCUT2D eigenvalue weighted by Crippen LogP contribution is 2.24. The van der Waals surface area contributed by atoms with Crippen LogP contribution >= 0.6 is 11.6 Å². The maximum absolute atomic E-state index is 14.3. The van der Waals surface area contributed by atoms with Gasteiger partial charge in [-0.15, -0.1) is 13.2 Å². The summed E-state index contributed by atoms with van der Waals surface area (Å²) in [6, 6.07) is 14.2. The number of rotatable bonds is 7. The Bertz CT molecular complexity index is 1330. The van der Waals surface area contributed by atoms with E-state index < -0.39 is 12.2 Å². The molecule has 2 aromatic carbocycles. The molecule has 4 rings (SSSR count). The molecule has 13 heteroatoms. The fraction of sp³-hybridized carbons (Fsp3) is 0.0455. The maximum Gasteiger partial charge on any atom is 0.573 e. The number of pyridine rings is 1. The van der Waals surface area contributed by atoms with Crippen LogP contribution in [0.1, 0.15) is 5.56 Å². The topological polar surface area (TPSA) is 97.2 Å². The third kappa shape index (κ3) is 6.84. The number of anilines is 3. The molecular weight excluding hydrogens is 490 g/mol. The summed E-state index contributed by atoms with van der Waals surface area (Å²) in [5, 5.41) is 7.22. The molecule has 0 fully saturated rings. The third-order valence-corrected chi connectivity index (χ3v) is 4.45. The molecule has 0 amide bonds. The van der Waals surface area contributed by atoms with E-state index in [9.17, 15) is 17.6 Å². The van der Waals surface area contributed by atoms with E-state index in [1.165, 1.54) is 42.7 Å². The van der Waals surface area contributed by atoms with Gasteiger partial charge >= 0.3 is 6.36 Å². The minimum Gasteiger partial charge on any atom is -0.406 e. The van der Waals surface area contributed by atoms with E-state index in [-0.39, 0.29) is 29.0 Å². The van der Waals surface area contributed by atoms with Crippen molar-refractivity contribution in [3.05, 3.63) is 83.4 Å². The summed E-state index contributed by atoms with van der Waals surface area (Å²) in [4.78, 5) is 16.6. The lowest BCUT2D eigenvalue weighted by molar-refractivity contribution is -0.274. The third-order valence-electron chi connectivity index (χ3n) is 4.23. The molecule has 0 aliphatic rings. The van der Waals surface area contributed by atoms with Gasteiger partial charge in [-0.3, -0.25) is 0 Å². The van der Waals surface area contributed by atoms with Gasteiger partial charge in [-0.2, -0.15) is 20.1 Å². The highest BCUT2D eigenvalue weighted by molar-refractivity contribution is 6.29. The van der Waals surface area contributed by atoms with Crippen molar-refractivity contribution < 1.29 is 22.3 Å². The van der Waals surface area contributed by atoms with Gasteiger partial charge < -0.3 is 10.1 Å². The highest BCUT2D eigenvalue weighted by atomic mass is 35.5. The lowest BCUT2D eigenvalue weighted by Gasteiger charge is -2.09. The summed E-state index contributed by atoms with van der Waals surface area (Å²) < 4.78 is 55.0. The molecule has 0 spiro atoms. The molecule has 178 valence electrons. The Morgan fingerprint density at radius 2 is 1.66 bits per heavy atom. The highest BCUT2D eigenvalue weighted by Gasteiger charge is 2.30. The van der Waals surface area contributed by atoms with Gasteiger partial charge in [0.15, 0.2) is 5.82 Å². The van der Waals surface area contributed by atoms with E-state index in [2.05, 4.69) is 40.5 Å². The van der Waals surface area contributed by atoms with E-state index in [0.29, 0.717) is 16.4 Å². The molecule has 0 unspecified atom stereocenters. The standard InChI is InChI=1S/C22H14ClF4N7O/c23-18-10-7-14(12-28-18)30-20-31-19(16-3-1-2-4-17(16)24)32-21(33-20)34-29-11-13-5-8-15(9-6-13)35-22(25,26)27/h1-12H,(H2,30,31,32,33,34)/b29-11+. The van der Waals surface area contributed by atoms with Gasteiger partial charge in [-0.25, -0.2) is 14.8 Å². The number of halogens is 5. The van der Waals surface area contributed by atoms with Crippen LogP contribution in [0.5, 0.6) is 5.75 Å². The normalized spacial score (nSPS) is 11.5. The van der Waals surface area contributed by atoms with Gasteiger partial charge in [0.25, 0.3) is 0 Å². The zero-order chi connectivity index (χ0) is 24.8. The summed E-state index contributed by atoms with van der Waals surface area (Å²) >= 11 is 5.80. The summed E-state index contributed by atoms with van der Waals surface area (Å²) in [7, 11) is 0. The first-order valence-corrected chi connectivity index (χ1v) is 10.2. The fourth-order valence-electron chi connectivity index (χ4n) is 2.74. The number of benzene rings is 2. The molecular formula is C22H14ClF4N7O. The van der Waals surface area contributed by atoms with E-state index in [4.69, 9.17) is 11.6 Å². The van der Waals surface area contributed by atoms with Gasteiger partial charge in [0.2, 0.25) is 11.9 Å². The molecule has 0 aliphatic carbocycles. The summed E-state index contributed by atoms with van der Waals surface area (Å²) in [6.07, 6.45) is -1.98. The Balaban J connectivity index is 1.56. The number of hydrogen-bond donors (Lipinski definition) is 2. The zero-order valence-electron chi connectivity index (χ0n) is 17.5. The molecule has 0 radical (unpaired) electrons. The van der Waals surface area contributed by atoms with Crippen molar-refractivity contribution in [2.45, 2.75) is 6.36 Å². The molecule has 0 aliphatic heterocycles. The van der Waals surface area contributed by atoms with E-state index in [1.807, 2.05) is 0 Å². The van der Waals surface area contributed by atoms with Crippen LogP contribution in [0.2, 0.25) is 5.15 Å². The molecule has 2 aromatic heterocycles. The lowest BCUT2D eigenvalue weighted by atomic mass is 10.2. The lowest BCUT2D eigenvalue weighted by Crippen LogP contribution is -2.17. The number of hydrazone groups is 1. The first-order valence-electron chi connectivity index (χ1n) is 9.80. The molecule has 4 aromatic rings.